The molecule has 2 N–H and O–H groups in total. The van der Waals surface area contributed by atoms with Gasteiger partial charge in [-0.05, 0) is 24.8 Å². The van der Waals surface area contributed by atoms with Crippen LogP contribution in [0.25, 0.3) is 0 Å². The van der Waals surface area contributed by atoms with Crippen molar-refractivity contribution in [3.8, 4) is 0 Å². The minimum Gasteiger partial charge on any atom is -0.385 e. The van der Waals surface area contributed by atoms with Crippen molar-refractivity contribution in [1.29, 1.82) is 0 Å². The summed E-state index contributed by atoms with van der Waals surface area (Å²) in [5.41, 5.74) is 7.43. The van der Waals surface area contributed by atoms with Crippen molar-refractivity contribution in [3.63, 3.8) is 0 Å². The van der Waals surface area contributed by atoms with E-state index in [-0.39, 0.29) is 5.54 Å². The van der Waals surface area contributed by atoms with Gasteiger partial charge in [-0.1, -0.05) is 37.3 Å². The summed E-state index contributed by atoms with van der Waals surface area (Å²) in [5.74, 6) is 0. The molecule has 2 heteroatoms. The molecule has 1 rings (SSSR count). The maximum absolute atomic E-state index is 6.40. The number of ether oxygens (including phenoxy) is 1. The van der Waals surface area contributed by atoms with Crippen molar-refractivity contribution in [1.82, 2.24) is 0 Å². The highest BCUT2D eigenvalue weighted by atomic mass is 16.5. The van der Waals surface area contributed by atoms with Crippen LogP contribution in [0.15, 0.2) is 30.3 Å². The molecule has 2 nitrogen and oxygen atoms in total. The highest BCUT2D eigenvalue weighted by Gasteiger charge is 2.23. The van der Waals surface area contributed by atoms with Crippen LogP contribution in [0.3, 0.4) is 0 Å². The zero-order valence-corrected chi connectivity index (χ0v) is 9.70. The smallest absolute Gasteiger partial charge is 0.0463 e. The summed E-state index contributed by atoms with van der Waals surface area (Å²) in [7, 11) is 1.73. The lowest BCUT2D eigenvalue weighted by molar-refractivity contribution is 0.182. The van der Waals surface area contributed by atoms with Crippen molar-refractivity contribution >= 4 is 0 Å². The second-order valence-corrected chi connectivity index (χ2v) is 3.97. The highest BCUT2D eigenvalue weighted by Crippen LogP contribution is 2.26. The predicted molar refractivity (Wildman–Crippen MR) is 63.7 cm³/mol. The molecule has 0 aliphatic heterocycles. The van der Waals surface area contributed by atoms with Gasteiger partial charge in [-0.3, -0.25) is 0 Å². The van der Waals surface area contributed by atoms with E-state index in [9.17, 15) is 0 Å². The van der Waals surface area contributed by atoms with Crippen LogP contribution in [-0.2, 0) is 10.3 Å². The average Bonchev–Trinajstić information content (AvgIpc) is 2.30. The van der Waals surface area contributed by atoms with Crippen LogP contribution in [0.4, 0.5) is 0 Å². The molecule has 1 aromatic rings. The molecule has 1 atom stereocenters. The lowest BCUT2D eigenvalue weighted by Crippen LogP contribution is -2.36. The first kappa shape index (κ1) is 12.2. The first-order chi connectivity index (χ1) is 7.23. The van der Waals surface area contributed by atoms with Gasteiger partial charge in [0.15, 0.2) is 0 Å². The largest absolute Gasteiger partial charge is 0.385 e. The Labute approximate surface area is 92.4 Å². The molecular formula is C13H21NO. The van der Waals surface area contributed by atoms with Crippen LogP contribution in [0.2, 0.25) is 0 Å². The molecular weight excluding hydrogens is 186 g/mol. The Morgan fingerprint density at radius 2 is 1.93 bits per heavy atom. The summed E-state index contributed by atoms with van der Waals surface area (Å²) >= 11 is 0. The first-order valence-corrected chi connectivity index (χ1v) is 5.56. The van der Waals surface area contributed by atoms with Gasteiger partial charge in [-0.25, -0.2) is 0 Å². The summed E-state index contributed by atoms with van der Waals surface area (Å²) in [4.78, 5) is 0. The van der Waals surface area contributed by atoms with Crippen LogP contribution in [0.1, 0.15) is 31.7 Å². The molecule has 0 heterocycles. The molecule has 0 bridgehead atoms. The predicted octanol–water partition coefficient (Wildman–Crippen LogP) is 2.68. The van der Waals surface area contributed by atoms with Crippen molar-refractivity contribution in [2.45, 2.75) is 31.7 Å². The highest BCUT2D eigenvalue weighted by molar-refractivity contribution is 5.23. The fourth-order valence-electron chi connectivity index (χ4n) is 1.83. The van der Waals surface area contributed by atoms with Gasteiger partial charge in [0.05, 0.1) is 0 Å². The fraction of sp³-hybridized carbons (Fsp3) is 0.538. The maximum Gasteiger partial charge on any atom is 0.0463 e. The normalized spacial score (nSPS) is 14.9. The quantitative estimate of drug-likeness (QED) is 0.728. The molecule has 0 radical (unpaired) electrons. The SMILES string of the molecule is CCC(N)(CCCOC)c1ccccc1. The Bertz CT molecular complexity index is 273. The second-order valence-electron chi connectivity index (χ2n) is 3.97. The van der Waals surface area contributed by atoms with E-state index in [1.54, 1.807) is 7.11 Å². The summed E-state index contributed by atoms with van der Waals surface area (Å²) in [5, 5.41) is 0. The van der Waals surface area contributed by atoms with Crippen molar-refractivity contribution in [3.05, 3.63) is 35.9 Å². The van der Waals surface area contributed by atoms with E-state index in [2.05, 4.69) is 19.1 Å². The number of benzene rings is 1. The molecule has 1 unspecified atom stereocenters. The van der Waals surface area contributed by atoms with Gasteiger partial charge < -0.3 is 10.5 Å². The van der Waals surface area contributed by atoms with Gasteiger partial charge in [0.25, 0.3) is 0 Å². The number of nitrogens with two attached hydrogens (primary N) is 1. The molecule has 0 aliphatic carbocycles. The summed E-state index contributed by atoms with van der Waals surface area (Å²) < 4.78 is 5.06. The molecule has 0 spiro atoms. The Morgan fingerprint density at radius 3 is 2.47 bits per heavy atom. The third-order valence-corrected chi connectivity index (χ3v) is 2.95. The minimum atomic E-state index is -0.195. The van der Waals surface area contributed by atoms with E-state index in [1.807, 2.05) is 18.2 Å². The summed E-state index contributed by atoms with van der Waals surface area (Å²) in [6.07, 6.45) is 2.94. The molecule has 0 saturated heterocycles. The lowest BCUT2D eigenvalue weighted by Gasteiger charge is -2.28. The third-order valence-electron chi connectivity index (χ3n) is 2.95. The third kappa shape index (κ3) is 3.33. The van der Waals surface area contributed by atoms with Crippen molar-refractivity contribution < 1.29 is 4.74 Å². The van der Waals surface area contributed by atoms with E-state index in [0.717, 1.165) is 25.9 Å². The Morgan fingerprint density at radius 1 is 1.27 bits per heavy atom. The molecule has 84 valence electrons. The Kier molecular flexibility index (Phi) is 4.79. The minimum absolute atomic E-state index is 0.195. The second kappa shape index (κ2) is 5.89. The van der Waals surface area contributed by atoms with Crippen molar-refractivity contribution in [2.75, 3.05) is 13.7 Å². The van der Waals surface area contributed by atoms with Crippen LogP contribution in [0.5, 0.6) is 0 Å². The number of rotatable bonds is 6. The molecule has 0 fully saturated rings. The average molecular weight is 207 g/mol. The zero-order valence-electron chi connectivity index (χ0n) is 9.70. The Hall–Kier alpha value is -0.860. The van der Waals surface area contributed by atoms with E-state index in [0.29, 0.717) is 0 Å². The standard InChI is InChI=1S/C13H21NO/c1-3-13(14,10-7-11-15-2)12-8-5-4-6-9-12/h4-6,8-9H,3,7,10-11,14H2,1-2H3. The monoisotopic (exact) mass is 207 g/mol. The molecule has 0 saturated carbocycles. The van der Waals surface area contributed by atoms with Gasteiger partial charge in [0, 0.05) is 19.3 Å². The zero-order chi connectivity index (χ0) is 11.1. The number of hydrogen-bond acceptors (Lipinski definition) is 2. The summed E-state index contributed by atoms with van der Waals surface area (Å²) in [6, 6.07) is 10.3. The molecule has 15 heavy (non-hydrogen) atoms. The molecule has 0 aliphatic rings. The first-order valence-electron chi connectivity index (χ1n) is 5.56. The fourth-order valence-corrected chi connectivity index (χ4v) is 1.83. The van der Waals surface area contributed by atoms with Crippen LogP contribution < -0.4 is 5.73 Å². The van der Waals surface area contributed by atoms with Gasteiger partial charge >= 0.3 is 0 Å². The number of hydrogen-bond donors (Lipinski definition) is 1. The van der Waals surface area contributed by atoms with Gasteiger partial charge in [0.2, 0.25) is 0 Å². The lowest BCUT2D eigenvalue weighted by atomic mass is 9.84. The van der Waals surface area contributed by atoms with Crippen LogP contribution >= 0.6 is 0 Å². The van der Waals surface area contributed by atoms with Gasteiger partial charge in [-0.2, -0.15) is 0 Å². The number of methoxy groups -OCH3 is 1. The van der Waals surface area contributed by atoms with Crippen LogP contribution in [0, 0.1) is 0 Å². The Balaban J connectivity index is 2.67. The molecule has 1 aromatic carbocycles. The van der Waals surface area contributed by atoms with Gasteiger partial charge in [-0.15, -0.1) is 0 Å². The molecule has 0 aromatic heterocycles. The van der Waals surface area contributed by atoms with Gasteiger partial charge in [0.1, 0.15) is 0 Å². The molecule has 0 amide bonds. The van der Waals surface area contributed by atoms with E-state index >= 15 is 0 Å². The topological polar surface area (TPSA) is 35.2 Å². The summed E-state index contributed by atoms with van der Waals surface area (Å²) in [6.45, 7) is 2.92. The maximum atomic E-state index is 6.40. The van der Waals surface area contributed by atoms with Crippen molar-refractivity contribution in [2.24, 2.45) is 5.73 Å². The van der Waals surface area contributed by atoms with E-state index in [4.69, 9.17) is 10.5 Å². The van der Waals surface area contributed by atoms with E-state index < -0.39 is 0 Å². The van der Waals surface area contributed by atoms with E-state index in [1.165, 1.54) is 5.56 Å². The van der Waals surface area contributed by atoms with Crippen LogP contribution in [-0.4, -0.2) is 13.7 Å².